The van der Waals surface area contributed by atoms with E-state index in [1.807, 2.05) is 22.9 Å². The van der Waals surface area contributed by atoms with Gasteiger partial charge in [-0.3, -0.25) is 0 Å². The fraction of sp³-hybridized carbons (Fsp3) is 0.100. The lowest BCUT2D eigenvalue weighted by molar-refractivity contribution is -0.137. The number of rotatable bonds is 3. The molecule has 0 aliphatic rings. The molecule has 0 unspecified atom stereocenters. The molecule has 28 heavy (non-hydrogen) atoms. The molecular weight excluding hydrogens is 407 g/mol. The first-order valence-corrected chi connectivity index (χ1v) is 9.48. The Balaban J connectivity index is 1.97. The Kier molecular flexibility index (Phi) is 4.61. The molecule has 0 saturated carbocycles. The highest BCUT2D eigenvalue weighted by atomic mass is 35.5. The van der Waals surface area contributed by atoms with Gasteiger partial charge in [0.05, 0.1) is 33.6 Å². The molecule has 3 heterocycles. The molecule has 4 rings (SSSR count). The number of nitriles is 1. The topological polar surface area (TPSA) is 41.1 Å². The zero-order valence-corrected chi connectivity index (χ0v) is 15.7. The Hall–Kier alpha value is -2.82. The van der Waals surface area contributed by atoms with E-state index in [4.69, 9.17) is 16.9 Å². The summed E-state index contributed by atoms with van der Waals surface area (Å²) in [7, 11) is 0. The summed E-state index contributed by atoms with van der Waals surface area (Å²) in [6.07, 6.45) is -3.09. The molecule has 1 aromatic carbocycles. The van der Waals surface area contributed by atoms with Crippen molar-refractivity contribution >= 4 is 28.6 Å². The number of pyridine rings is 1. The summed E-state index contributed by atoms with van der Waals surface area (Å²) in [5.74, 6) is 0. The van der Waals surface area contributed by atoms with Crippen molar-refractivity contribution in [3.05, 3.63) is 80.8 Å². The van der Waals surface area contributed by atoms with Crippen LogP contribution in [0.1, 0.15) is 22.4 Å². The SMILES string of the molecule is N#Cc1ccc(-c2nc3c(Cl)cc(C(F)(F)F)cn3c2Cc2ccsc2)cc1. The lowest BCUT2D eigenvalue weighted by atomic mass is 10.0. The van der Waals surface area contributed by atoms with Gasteiger partial charge in [-0.15, -0.1) is 0 Å². The minimum Gasteiger partial charge on any atom is -0.301 e. The van der Waals surface area contributed by atoms with Gasteiger partial charge in [-0.2, -0.15) is 29.8 Å². The molecule has 140 valence electrons. The molecule has 0 aliphatic carbocycles. The third kappa shape index (κ3) is 3.37. The van der Waals surface area contributed by atoms with Crippen LogP contribution in [0.2, 0.25) is 5.02 Å². The van der Waals surface area contributed by atoms with E-state index < -0.39 is 11.7 Å². The Morgan fingerprint density at radius 3 is 2.54 bits per heavy atom. The van der Waals surface area contributed by atoms with E-state index in [9.17, 15) is 13.2 Å². The molecule has 3 aromatic heterocycles. The maximum absolute atomic E-state index is 13.3. The van der Waals surface area contributed by atoms with Crippen LogP contribution >= 0.6 is 22.9 Å². The van der Waals surface area contributed by atoms with Gasteiger partial charge in [0.1, 0.15) is 0 Å². The van der Waals surface area contributed by atoms with Crippen LogP contribution in [-0.4, -0.2) is 9.38 Å². The molecule has 0 bridgehead atoms. The maximum Gasteiger partial charge on any atom is 0.417 e. The van der Waals surface area contributed by atoms with E-state index in [-0.39, 0.29) is 10.7 Å². The van der Waals surface area contributed by atoms with Crippen LogP contribution in [0, 0.1) is 11.3 Å². The Morgan fingerprint density at radius 2 is 1.93 bits per heavy atom. The first-order chi connectivity index (χ1) is 13.4. The number of thiophene rings is 1. The molecular formula is C20H11ClF3N3S. The molecule has 8 heteroatoms. The van der Waals surface area contributed by atoms with Crippen LogP contribution in [0.15, 0.2) is 53.4 Å². The van der Waals surface area contributed by atoms with Gasteiger partial charge in [-0.05, 0) is 40.6 Å². The molecule has 4 aromatic rings. The van der Waals surface area contributed by atoms with Crippen molar-refractivity contribution in [2.45, 2.75) is 12.6 Å². The number of hydrogen-bond acceptors (Lipinski definition) is 3. The van der Waals surface area contributed by atoms with Crippen LogP contribution in [0.25, 0.3) is 16.9 Å². The Bertz CT molecular complexity index is 1190. The number of imidazole rings is 1. The highest BCUT2D eigenvalue weighted by Gasteiger charge is 2.32. The molecule has 3 nitrogen and oxygen atoms in total. The monoisotopic (exact) mass is 417 g/mol. The summed E-state index contributed by atoms with van der Waals surface area (Å²) in [5, 5.41) is 12.8. The first-order valence-electron chi connectivity index (χ1n) is 8.16. The fourth-order valence-corrected chi connectivity index (χ4v) is 3.91. The number of alkyl halides is 3. The van der Waals surface area contributed by atoms with Crippen molar-refractivity contribution in [2.75, 3.05) is 0 Å². The second-order valence-electron chi connectivity index (χ2n) is 6.17. The average molecular weight is 418 g/mol. The van der Waals surface area contributed by atoms with Crippen LogP contribution in [0.4, 0.5) is 13.2 Å². The normalized spacial score (nSPS) is 11.7. The molecule has 0 spiro atoms. The number of fused-ring (bicyclic) bond motifs is 1. The summed E-state index contributed by atoms with van der Waals surface area (Å²) >= 11 is 7.66. The van der Waals surface area contributed by atoms with Crippen molar-refractivity contribution in [3.63, 3.8) is 0 Å². The van der Waals surface area contributed by atoms with Crippen molar-refractivity contribution < 1.29 is 13.2 Å². The van der Waals surface area contributed by atoms with E-state index >= 15 is 0 Å². The van der Waals surface area contributed by atoms with Crippen molar-refractivity contribution in [3.8, 4) is 17.3 Å². The second-order valence-corrected chi connectivity index (χ2v) is 7.36. The van der Waals surface area contributed by atoms with Gasteiger partial charge >= 0.3 is 6.18 Å². The number of benzene rings is 1. The Labute approximate surface area is 167 Å². The molecule has 0 atom stereocenters. The van der Waals surface area contributed by atoms with E-state index in [1.54, 1.807) is 24.3 Å². The summed E-state index contributed by atoms with van der Waals surface area (Å²) in [6, 6.07) is 11.6. The van der Waals surface area contributed by atoms with E-state index in [1.165, 1.54) is 15.7 Å². The standard InChI is InChI=1S/C20H11ClF3N3S/c21-16-8-15(20(22,23)24)10-27-17(7-13-5-6-28-11-13)18(26-19(16)27)14-3-1-12(9-25)2-4-14/h1-6,8,10-11H,7H2. The average Bonchev–Trinajstić information content (AvgIpc) is 3.30. The number of hydrogen-bond donors (Lipinski definition) is 0. The summed E-state index contributed by atoms with van der Waals surface area (Å²) in [5.41, 5.74) is 2.74. The van der Waals surface area contributed by atoms with Gasteiger partial charge in [0.25, 0.3) is 0 Å². The maximum atomic E-state index is 13.3. The summed E-state index contributed by atoms with van der Waals surface area (Å²) in [4.78, 5) is 4.53. The predicted octanol–water partition coefficient (Wildman–Crippen LogP) is 6.20. The van der Waals surface area contributed by atoms with E-state index in [0.717, 1.165) is 17.8 Å². The molecule has 0 amide bonds. The molecule has 0 radical (unpaired) electrons. The predicted molar refractivity (Wildman–Crippen MR) is 102 cm³/mol. The van der Waals surface area contributed by atoms with Gasteiger partial charge in [-0.25, -0.2) is 4.98 Å². The number of halogens is 4. The van der Waals surface area contributed by atoms with Gasteiger partial charge < -0.3 is 4.40 Å². The van der Waals surface area contributed by atoms with Crippen LogP contribution in [0.3, 0.4) is 0 Å². The fourth-order valence-electron chi connectivity index (χ4n) is 3.00. The lowest BCUT2D eigenvalue weighted by Gasteiger charge is -2.10. The van der Waals surface area contributed by atoms with E-state index in [2.05, 4.69) is 4.98 Å². The van der Waals surface area contributed by atoms with Crippen molar-refractivity contribution in [2.24, 2.45) is 0 Å². The second kappa shape index (κ2) is 6.97. The molecule has 0 aliphatic heterocycles. The zero-order chi connectivity index (χ0) is 19.9. The van der Waals surface area contributed by atoms with E-state index in [0.29, 0.717) is 28.9 Å². The third-order valence-electron chi connectivity index (χ3n) is 4.34. The van der Waals surface area contributed by atoms with Crippen LogP contribution < -0.4 is 0 Å². The molecule has 0 fully saturated rings. The smallest absolute Gasteiger partial charge is 0.301 e. The lowest BCUT2D eigenvalue weighted by Crippen LogP contribution is -2.07. The van der Waals surface area contributed by atoms with Gasteiger partial charge in [0.2, 0.25) is 0 Å². The highest BCUT2D eigenvalue weighted by Crippen LogP contribution is 2.35. The largest absolute Gasteiger partial charge is 0.417 e. The summed E-state index contributed by atoms with van der Waals surface area (Å²) < 4.78 is 41.3. The van der Waals surface area contributed by atoms with Crippen LogP contribution in [-0.2, 0) is 12.6 Å². The van der Waals surface area contributed by atoms with Crippen molar-refractivity contribution in [1.82, 2.24) is 9.38 Å². The quantitative estimate of drug-likeness (QED) is 0.398. The van der Waals surface area contributed by atoms with Crippen molar-refractivity contribution in [1.29, 1.82) is 5.26 Å². The van der Waals surface area contributed by atoms with Gasteiger partial charge in [0.15, 0.2) is 5.65 Å². The Morgan fingerprint density at radius 1 is 1.18 bits per heavy atom. The van der Waals surface area contributed by atoms with Gasteiger partial charge in [-0.1, -0.05) is 23.7 Å². The van der Waals surface area contributed by atoms with Gasteiger partial charge in [0, 0.05) is 18.2 Å². The minimum atomic E-state index is -4.52. The molecule has 0 saturated heterocycles. The minimum absolute atomic E-state index is 0.0683. The first kappa shape index (κ1) is 18.5. The third-order valence-corrected chi connectivity index (χ3v) is 5.35. The van der Waals surface area contributed by atoms with Crippen LogP contribution in [0.5, 0.6) is 0 Å². The zero-order valence-electron chi connectivity index (χ0n) is 14.2. The summed E-state index contributed by atoms with van der Waals surface area (Å²) in [6.45, 7) is 0. The highest BCUT2D eigenvalue weighted by molar-refractivity contribution is 7.07. The number of nitrogens with zero attached hydrogens (tertiary/aromatic N) is 3. The molecule has 0 N–H and O–H groups in total. The number of aromatic nitrogens is 2.